The summed E-state index contributed by atoms with van der Waals surface area (Å²) in [5.74, 6) is 0.419. The van der Waals surface area contributed by atoms with E-state index in [1.54, 1.807) is 31.4 Å². The predicted octanol–water partition coefficient (Wildman–Crippen LogP) is 3.42. The number of nitrogens with zero attached hydrogens (tertiary/aromatic N) is 2. The molecule has 31 heavy (non-hydrogen) atoms. The Hall–Kier alpha value is -3.02. The molecule has 1 fully saturated rings. The largest absolute Gasteiger partial charge is 0.497 e. The number of methoxy groups -OCH3 is 1. The van der Waals surface area contributed by atoms with Crippen molar-refractivity contribution in [3.05, 3.63) is 59.2 Å². The molecule has 0 aromatic heterocycles. The van der Waals surface area contributed by atoms with Crippen molar-refractivity contribution < 1.29 is 14.3 Å². The highest BCUT2D eigenvalue weighted by Gasteiger charge is 2.31. The molecule has 0 spiro atoms. The Morgan fingerprint density at radius 1 is 0.968 bits per heavy atom. The van der Waals surface area contributed by atoms with Crippen LogP contribution in [-0.4, -0.2) is 56.0 Å². The zero-order valence-electron chi connectivity index (χ0n) is 19.1. The summed E-state index contributed by atoms with van der Waals surface area (Å²) in [4.78, 5) is 30.2. The molecule has 2 aromatic rings. The molecule has 1 saturated heterocycles. The van der Waals surface area contributed by atoms with Crippen LogP contribution in [0.2, 0.25) is 0 Å². The van der Waals surface area contributed by atoms with E-state index in [2.05, 4.69) is 42.3 Å². The van der Waals surface area contributed by atoms with Gasteiger partial charge in [-0.1, -0.05) is 26.0 Å². The van der Waals surface area contributed by atoms with Crippen LogP contribution in [0.4, 0.5) is 5.69 Å². The first-order chi connectivity index (χ1) is 14.8. The summed E-state index contributed by atoms with van der Waals surface area (Å²) < 4.78 is 5.14. The van der Waals surface area contributed by atoms with Crippen LogP contribution < -0.4 is 15.0 Å². The van der Waals surface area contributed by atoms with Gasteiger partial charge in [-0.05, 0) is 61.2 Å². The number of carbonyl (C=O) groups is 2. The summed E-state index contributed by atoms with van der Waals surface area (Å²) in [7, 11) is 1.59. The number of anilines is 1. The quantitative estimate of drug-likeness (QED) is 0.773. The molecule has 0 bridgehead atoms. The lowest BCUT2D eigenvalue weighted by molar-refractivity contribution is -0.134. The highest BCUT2D eigenvalue weighted by atomic mass is 16.5. The first kappa shape index (κ1) is 22.7. The fourth-order valence-electron chi connectivity index (χ4n) is 3.92. The zero-order chi connectivity index (χ0) is 22.5. The third-order valence-electron chi connectivity index (χ3n) is 6.08. The number of benzene rings is 2. The van der Waals surface area contributed by atoms with Crippen molar-refractivity contribution in [3.63, 3.8) is 0 Å². The predicted molar refractivity (Wildman–Crippen MR) is 124 cm³/mol. The molecule has 1 N–H and O–H groups in total. The molecule has 6 nitrogen and oxygen atoms in total. The Morgan fingerprint density at radius 3 is 2.19 bits per heavy atom. The van der Waals surface area contributed by atoms with E-state index in [1.807, 2.05) is 18.7 Å². The van der Waals surface area contributed by atoms with Gasteiger partial charge in [0.2, 0.25) is 5.91 Å². The maximum Gasteiger partial charge on any atom is 0.251 e. The smallest absolute Gasteiger partial charge is 0.251 e. The van der Waals surface area contributed by atoms with Crippen LogP contribution >= 0.6 is 0 Å². The van der Waals surface area contributed by atoms with Crippen molar-refractivity contribution in [2.75, 3.05) is 38.2 Å². The number of hydrogen-bond donors (Lipinski definition) is 1. The maximum absolute atomic E-state index is 13.2. The van der Waals surface area contributed by atoms with E-state index in [0.717, 1.165) is 13.1 Å². The molecule has 2 aromatic carbocycles. The van der Waals surface area contributed by atoms with Gasteiger partial charge < -0.3 is 19.9 Å². The van der Waals surface area contributed by atoms with E-state index in [4.69, 9.17) is 4.74 Å². The van der Waals surface area contributed by atoms with Crippen LogP contribution in [0.5, 0.6) is 5.75 Å². The number of hydrogen-bond acceptors (Lipinski definition) is 4. The Balaban J connectivity index is 1.64. The minimum absolute atomic E-state index is 0.00764. The monoisotopic (exact) mass is 423 g/mol. The fraction of sp³-hybridized carbons (Fsp3) is 0.440. The third kappa shape index (κ3) is 5.19. The molecule has 1 heterocycles. The van der Waals surface area contributed by atoms with Crippen LogP contribution in [0.25, 0.3) is 0 Å². The van der Waals surface area contributed by atoms with Gasteiger partial charge >= 0.3 is 0 Å². The number of amides is 2. The van der Waals surface area contributed by atoms with Gasteiger partial charge in [-0.3, -0.25) is 9.59 Å². The molecule has 1 unspecified atom stereocenters. The second kappa shape index (κ2) is 9.86. The molecular formula is C25H33N3O3. The topological polar surface area (TPSA) is 61.9 Å². The lowest BCUT2D eigenvalue weighted by Gasteiger charge is -2.39. The molecule has 2 amide bonds. The normalized spacial score (nSPS) is 15.0. The van der Waals surface area contributed by atoms with Crippen molar-refractivity contribution >= 4 is 17.5 Å². The SMILES string of the molecule is COc1ccc(C(=O)NC(C(=O)N2CCN(c3cccc(C)c3C)CC2)C(C)C)cc1. The van der Waals surface area contributed by atoms with Crippen LogP contribution in [0, 0.1) is 19.8 Å². The van der Waals surface area contributed by atoms with Crippen molar-refractivity contribution in [1.29, 1.82) is 0 Å². The Bertz CT molecular complexity index is 916. The summed E-state index contributed by atoms with van der Waals surface area (Å²) in [5, 5.41) is 2.94. The first-order valence-electron chi connectivity index (χ1n) is 10.9. The van der Waals surface area contributed by atoms with Gasteiger partial charge in [0, 0.05) is 37.4 Å². The van der Waals surface area contributed by atoms with Gasteiger partial charge in [-0.25, -0.2) is 0 Å². The van der Waals surface area contributed by atoms with E-state index in [1.165, 1.54) is 16.8 Å². The summed E-state index contributed by atoms with van der Waals surface area (Å²) in [6.45, 7) is 11.1. The second-order valence-electron chi connectivity index (χ2n) is 8.46. The lowest BCUT2D eigenvalue weighted by Crippen LogP contribution is -2.56. The molecule has 166 valence electrons. The number of ether oxygens (including phenoxy) is 1. The molecular weight excluding hydrogens is 390 g/mol. The number of nitrogens with one attached hydrogen (secondary N) is 1. The summed E-state index contributed by atoms with van der Waals surface area (Å²) >= 11 is 0. The van der Waals surface area contributed by atoms with E-state index in [-0.39, 0.29) is 17.7 Å². The molecule has 0 aliphatic carbocycles. The summed E-state index contributed by atoms with van der Waals surface area (Å²) in [6.07, 6.45) is 0. The van der Waals surface area contributed by atoms with E-state index in [0.29, 0.717) is 24.4 Å². The van der Waals surface area contributed by atoms with E-state index in [9.17, 15) is 9.59 Å². The fourth-order valence-corrected chi connectivity index (χ4v) is 3.92. The average molecular weight is 424 g/mol. The van der Waals surface area contributed by atoms with Gasteiger partial charge in [0.15, 0.2) is 0 Å². The molecule has 0 radical (unpaired) electrons. The van der Waals surface area contributed by atoms with Gasteiger partial charge in [0.1, 0.15) is 11.8 Å². The molecule has 0 saturated carbocycles. The summed E-state index contributed by atoms with van der Waals surface area (Å²) in [6, 6.07) is 12.7. The second-order valence-corrected chi connectivity index (χ2v) is 8.46. The van der Waals surface area contributed by atoms with Crippen LogP contribution in [0.15, 0.2) is 42.5 Å². The number of piperazine rings is 1. The van der Waals surface area contributed by atoms with Gasteiger partial charge in [-0.15, -0.1) is 0 Å². The van der Waals surface area contributed by atoms with Crippen LogP contribution in [-0.2, 0) is 4.79 Å². The van der Waals surface area contributed by atoms with Gasteiger partial charge in [-0.2, -0.15) is 0 Å². The number of carbonyl (C=O) groups excluding carboxylic acids is 2. The Morgan fingerprint density at radius 2 is 1.61 bits per heavy atom. The van der Waals surface area contributed by atoms with Gasteiger partial charge in [0.05, 0.1) is 7.11 Å². The standard InChI is InChI=1S/C25H33N3O3/c1-17(2)23(26-24(29)20-9-11-21(31-5)12-10-20)25(30)28-15-13-27(14-16-28)22-8-6-7-18(3)19(22)4/h6-12,17,23H,13-16H2,1-5H3,(H,26,29). The number of rotatable bonds is 6. The molecule has 1 aliphatic rings. The van der Waals surface area contributed by atoms with Gasteiger partial charge in [0.25, 0.3) is 5.91 Å². The minimum Gasteiger partial charge on any atom is -0.497 e. The highest BCUT2D eigenvalue weighted by molar-refractivity contribution is 5.97. The first-order valence-corrected chi connectivity index (χ1v) is 10.9. The van der Waals surface area contributed by atoms with Crippen molar-refractivity contribution in [2.24, 2.45) is 5.92 Å². The van der Waals surface area contributed by atoms with Crippen molar-refractivity contribution in [1.82, 2.24) is 10.2 Å². The molecule has 1 aliphatic heterocycles. The highest BCUT2D eigenvalue weighted by Crippen LogP contribution is 2.24. The zero-order valence-corrected chi connectivity index (χ0v) is 19.1. The molecule has 1 atom stereocenters. The maximum atomic E-state index is 13.2. The van der Waals surface area contributed by atoms with E-state index < -0.39 is 6.04 Å². The third-order valence-corrected chi connectivity index (χ3v) is 6.08. The van der Waals surface area contributed by atoms with Crippen LogP contribution in [0.3, 0.4) is 0 Å². The average Bonchev–Trinajstić information content (AvgIpc) is 2.78. The van der Waals surface area contributed by atoms with E-state index >= 15 is 0 Å². The molecule has 6 heteroatoms. The van der Waals surface area contributed by atoms with Crippen molar-refractivity contribution in [2.45, 2.75) is 33.7 Å². The Labute approximate surface area is 185 Å². The van der Waals surface area contributed by atoms with Crippen molar-refractivity contribution in [3.8, 4) is 5.75 Å². The summed E-state index contributed by atoms with van der Waals surface area (Å²) in [5.41, 5.74) is 4.31. The minimum atomic E-state index is -0.554. The lowest BCUT2D eigenvalue weighted by atomic mass is 10.0. The number of aryl methyl sites for hydroxylation is 1. The molecule has 3 rings (SSSR count). The van der Waals surface area contributed by atoms with Crippen LogP contribution in [0.1, 0.15) is 35.3 Å². The Kier molecular flexibility index (Phi) is 7.21.